The number of methoxy groups -OCH3 is 1. The van der Waals surface area contributed by atoms with Crippen LogP contribution in [0.15, 0.2) is 18.2 Å². The van der Waals surface area contributed by atoms with Gasteiger partial charge in [0, 0.05) is 5.56 Å². The molecule has 57 valence electrons. The van der Waals surface area contributed by atoms with E-state index < -0.39 is 0 Å². The minimum Gasteiger partial charge on any atom is -0.496 e. The van der Waals surface area contributed by atoms with Gasteiger partial charge in [0.15, 0.2) is 0 Å². The van der Waals surface area contributed by atoms with Gasteiger partial charge in [-0.2, -0.15) is 0 Å². The number of benzene rings is 1. The number of thiocarbonyl (C=S) groups is 1. The summed E-state index contributed by atoms with van der Waals surface area (Å²) in [5, 5.41) is 2.63. The van der Waals surface area contributed by atoms with E-state index in [1.54, 1.807) is 7.11 Å². The van der Waals surface area contributed by atoms with E-state index in [0.717, 1.165) is 16.9 Å². The third-order valence-corrected chi connectivity index (χ3v) is 1.69. The Morgan fingerprint density at radius 1 is 1.45 bits per heavy atom. The number of hydrogen-bond acceptors (Lipinski definition) is 2. The first kappa shape index (κ1) is 8.21. The lowest BCUT2D eigenvalue weighted by molar-refractivity contribution is 0.414. The van der Waals surface area contributed by atoms with Crippen molar-refractivity contribution in [3.05, 3.63) is 29.3 Å². The normalized spacial score (nSPS) is 9.27. The largest absolute Gasteiger partial charge is 0.496 e. The van der Waals surface area contributed by atoms with E-state index >= 15 is 0 Å². The minimum absolute atomic E-state index is 0.792. The molecule has 1 aromatic rings. The van der Waals surface area contributed by atoms with Gasteiger partial charge in [-0.1, -0.05) is 18.3 Å². The Kier molecular flexibility index (Phi) is 2.60. The Bertz CT molecular complexity index is 268. The van der Waals surface area contributed by atoms with Crippen LogP contribution in [-0.2, 0) is 0 Å². The molecule has 0 aliphatic rings. The average Bonchev–Trinajstić information content (AvgIpc) is 2.04. The van der Waals surface area contributed by atoms with Crippen molar-refractivity contribution in [2.24, 2.45) is 0 Å². The summed E-state index contributed by atoms with van der Waals surface area (Å²) in [4.78, 5) is 0. The van der Waals surface area contributed by atoms with Gasteiger partial charge >= 0.3 is 0 Å². The lowest BCUT2D eigenvalue weighted by Gasteiger charge is -2.03. The summed E-state index contributed by atoms with van der Waals surface area (Å²) < 4.78 is 5.09. The number of hydrogen-bond donors (Lipinski definition) is 0. The van der Waals surface area contributed by atoms with Gasteiger partial charge in [0.05, 0.1) is 12.5 Å². The van der Waals surface area contributed by atoms with Crippen LogP contribution in [0.25, 0.3) is 0 Å². The zero-order valence-electron chi connectivity index (χ0n) is 6.55. The molecule has 1 radical (unpaired) electrons. The van der Waals surface area contributed by atoms with Crippen molar-refractivity contribution in [3.63, 3.8) is 0 Å². The topological polar surface area (TPSA) is 9.23 Å². The van der Waals surface area contributed by atoms with Crippen molar-refractivity contribution in [2.75, 3.05) is 7.11 Å². The molecule has 0 aliphatic heterocycles. The summed E-state index contributed by atoms with van der Waals surface area (Å²) in [6, 6.07) is 5.83. The van der Waals surface area contributed by atoms with Gasteiger partial charge in [0.25, 0.3) is 0 Å². The summed E-state index contributed by atoms with van der Waals surface area (Å²) in [6.07, 6.45) is 0. The van der Waals surface area contributed by atoms with Gasteiger partial charge in [-0.25, -0.2) is 0 Å². The maximum absolute atomic E-state index is 5.09. The van der Waals surface area contributed by atoms with E-state index in [9.17, 15) is 0 Å². The highest BCUT2D eigenvalue weighted by atomic mass is 32.1. The SMILES string of the molecule is COc1cc(C)ccc1[C]=S. The molecule has 0 amide bonds. The van der Waals surface area contributed by atoms with Crippen molar-refractivity contribution in [1.29, 1.82) is 0 Å². The standard InChI is InChI=1S/C9H9OS/c1-7-3-4-8(6-11)9(5-7)10-2/h3-5H,1-2H3. The molecule has 0 fully saturated rings. The van der Waals surface area contributed by atoms with Crippen molar-refractivity contribution in [1.82, 2.24) is 0 Å². The molecule has 1 rings (SSSR count). The molecular weight excluding hydrogens is 156 g/mol. The Labute approximate surface area is 72.0 Å². The first-order valence-electron chi connectivity index (χ1n) is 3.30. The summed E-state index contributed by atoms with van der Waals surface area (Å²) in [5.74, 6) is 0.792. The van der Waals surface area contributed by atoms with E-state index in [1.807, 2.05) is 25.1 Å². The fourth-order valence-corrected chi connectivity index (χ4v) is 1.05. The van der Waals surface area contributed by atoms with Crippen molar-refractivity contribution < 1.29 is 4.74 Å². The van der Waals surface area contributed by atoms with Gasteiger partial charge in [-0.05, 0) is 24.6 Å². The fourth-order valence-electron chi connectivity index (χ4n) is 0.883. The van der Waals surface area contributed by atoms with Crippen LogP contribution in [0.4, 0.5) is 0 Å². The van der Waals surface area contributed by atoms with Crippen LogP contribution >= 0.6 is 12.2 Å². The molecule has 0 aromatic heterocycles. The van der Waals surface area contributed by atoms with Gasteiger partial charge in [0.2, 0.25) is 0 Å². The first-order valence-corrected chi connectivity index (χ1v) is 3.71. The Morgan fingerprint density at radius 2 is 2.18 bits per heavy atom. The first-order chi connectivity index (χ1) is 5.27. The predicted octanol–water partition coefficient (Wildman–Crippen LogP) is 2.23. The fraction of sp³-hybridized carbons (Fsp3) is 0.222. The van der Waals surface area contributed by atoms with E-state index in [1.165, 1.54) is 0 Å². The molecule has 0 atom stereocenters. The number of ether oxygens (including phenoxy) is 1. The maximum atomic E-state index is 5.09. The van der Waals surface area contributed by atoms with Crippen molar-refractivity contribution >= 4 is 17.6 Å². The van der Waals surface area contributed by atoms with E-state index in [0.29, 0.717) is 0 Å². The minimum atomic E-state index is 0.792. The van der Waals surface area contributed by atoms with Crippen LogP contribution in [0.1, 0.15) is 11.1 Å². The van der Waals surface area contributed by atoms with Crippen LogP contribution in [0.2, 0.25) is 0 Å². The quantitative estimate of drug-likeness (QED) is 0.621. The lowest BCUT2D eigenvalue weighted by Crippen LogP contribution is -1.89. The molecule has 1 nitrogen and oxygen atoms in total. The molecule has 0 N–H and O–H groups in total. The van der Waals surface area contributed by atoms with Gasteiger partial charge in [-0.3, -0.25) is 0 Å². The Hall–Kier alpha value is -0.890. The highest BCUT2D eigenvalue weighted by Gasteiger charge is 1.98. The molecule has 0 spiro atoms. The monoisotopic (exact) mass is 165 g/mol. The Morgan fingerprint density at radius 3 is 2.73 bits per heavy atom. The zero-order chi connectivity index (χ0) is 8.27. The zero-order valence-corrected chi connectivity index (χ0v) is 7.37. The maximum Gasteiger partial charge on any atom is 0.127 e. The summed E-state index contributed by atoms with van der Waals surface area (Å²) in [7, 11) is 1.63. The summed E-state index contributed by atoms with van der Waals surface area (Å²) >= 11 is 4.69. The third-order valence-electron chi connectivity index (χ3n) is 1.47. The molecule has 0 saturated carbocycles. The summed E-state index contributed by atoms with van der Waals surface area (Å²) in [5.41, 5.74) is 2.00. The summed E-state index contributed by atoms with van der Waals surface area (Å²) in [6.45, 7) is 2.01. The molecule has 1 aromatic carbocycles. The van der Waals surface area contributed by atoms with Gasteiger partial charge in [-0.15, -0.1) is 0 Å². The molecule has 2 heteroatoms. The highest BCUT2D eigenvalue weighted by molar-refractivity contribution is 7.79. The van der Waals surface area contributed by atoms with Crippen LogP contribution in [-0.4, -0.2) is 12.5 Å². The lowest BCUT2D eigenvalue weighted by atomic mass is 10.1. The van der Waals surface area contributed by atoms with Gasteiger partial charge < -0.3 is 4.74 Å². The van der Waals surface area contributed by atoms with Crippen LogP contribution in [0.3, 0.4) is 0 Å². The second kappa shape index (κ2) is 3.49. The molecule has 0 saturated heterocycles. The number of rotatable bonds is 2. The average molecular weight is 165 g/mol. The van der Waals surface area contributed by atoms with Crippen LogP contribution in [0, 0.1) is 6.92 Å². The van der Waals surface area contributed by atoms with E-state index in [4.69, 9.17) is 4.74 Å². The number of aryl methyl sites for hydroxylation is 1. The second-order valence-electron chi connectivity index (χ2n) is 2.31. The van der Waals surface area contributed by atoms with Crippen LogP contribution in [0.5, 0.6) is 5.75 Å². The van der Waals surface area contributed by atoms with Crippen molar-refractivity contribution in [2.45, 2.75) is 6.92 Å². The second-order valence-corrected chi connectivity index (χ2v) is 2.51. The molecular formula is C9H9OS. The third kappa shape index (κ3) is 1.77. The van der Waals surface area contributed by atoms with Crippen LogP contribution < -0.4 is 4.74 Å². The molecule has 0 bridgehead atoms. The Balaban J connectivity index is 3.16. The van der Waals surface area contributed by atoms with E-state index in [-0.39, 0.29) is 0 Å². The molecule has 11 heavy (non-hydrogen) atoms. The van der Waals surface area contributed by atoms with Gasteiger partial charge in [0.1, 0.15) is 5.75 Å². The predicted molar refractivity (Wildman–Crippen MR) is 49.4 cm³/mol. The molecule has 0 aliphatic carbocycles. The smallest absolute Gasteiger partial charge is 0.127 e. The highest BCUT2D eigenvalue weighted by Crippen LogP contribution is 2.17. The van der Waals surface area contributed by atoms with Crippen molar-refractivity contribution in [3.8, 4) is 5.75 Å². The molecule has 0 heterocycles. The molecule has 0 unspecified atom stereocenters. The van der Waals surface area contributed by atoms with E-state index in [2.05, 4.69) is 17.6 Å².